The molecule has 1 atom stereocenters. The molecule has 3 heterocycles. The van der Waals surface area contributed by atoms with Gasteiger partial charge in [0, 0.05) is 43.2 Å². The van der Waals surface area contributed by atoms with Crippen molar-refractivity contribution in [2.45, 2.75) is 18.8 Å². The molecule has 1 amide bonds. The summed E-state index contributed by atoms with van der Waals surface area (Å²) in [7, 11) is 1.99. The number of para-hydroxylation sites is 3. The zero-order valence-corrected chi connectivity index (χ0v) is 15.4. The Kier molecular flexibility index (Phi) is 3.74. The van der Waals surface area contributed by atoms with E-state index in [0.717, 1.165) is 52.7 Å². The molecule has 2 aromatic carbocycles. The second kappa shape index (κ2) is 6.27. The number of aromatic amines is 1. The molecule has 1 fully saturated rings. The van der Waals surface area contributed by atoms with E-state index in [1.165, 1.54) is 0 Å². The highest BCUT2D eigenvalue weighted by Gasteiger charge is 2.28. The second-order valence-electron chi connectivity index (χ2n) is 7.40. The number of hydrogen-bond donors (Lipinski definition) is 1. The largest absolute Gasteiger partial charge is 0.350 e. The van der Waals surface area contributed by atoms with Gasteiger partial charge in [-0.3, -0.25) is 4.79 Å². The molecule has 5 heteroatoms. The molecule has 1 N–H and O–H groups in total. The number of aromatic nitrogens is 3. The van der Waals surface area contributed by atoms with Crippen LogP contribution in [0.3, 0.4) is 0 Å². The minimum absolute atomic E-state index is 0.118. The molecule has 0 bridgehead atoms. The average Bonchev–Trinajstić information content (AvgIpc) is 3.29. The lowest BCUT2D eigenvalue weighted by Crippen LogP contribution is -2.39. The Balaban J connectivity index is 1.44. The van der Waals surface area contributed by atoms with E-state index >= 15 is 0 Å². The van der Waals surface area contributed by atoms with Gasteiger partial charge in [-0.05, 0) is 31.0 Å². The second-order valence-corrected chi connectivity index (χ2v) is 7.40. The van der Waals surface area contributed by atoms with Gasteiger partial charge in [0.05, 0.1) is 16.6 Å². The van der Waals surface area contributed by atoms with Crippen molar-refractivity contribution >= 4 is 27.8 Å². The van der Waals surface area contributed by atoms with Crippen LogP contribution in [0.1, 0.15) is 34.9 Å². The first-order valence-corrected chi connectivity index (χ1v) is 9.48. The topological polar surface area (TPSA) is 53.9 Å². The van der Waals surface area contributed by atoms with E-state index in [-0.39, 0.29) is 11.8 Å². The fourth-order valence-electron chi connectivity index (χ4n) is 4.23. The predicted octanol–water partition coefficient (Wildman–Crippen LogP) is 4.07. The molecule has 2 aromatic heterocycles. The van der Waals surface area contributed by atoms with E-state index in [1.54, 1.807) is 0 Å². The van der Waals surface area contributed by atoms with Gasteiger partial charge in [0.15, 0.2) is 0 Å². The van der Waals surface area contributed by atoms with Crippen LogP contribution in [0.15, 0.2) is 54.7 Å². The van der Waals surface area contributed by atoms with E-state index < -0.39 is 0 Å². The SMILES string of the molecule is Cn1cc(C(=O)N2CCCC(c3nc4ccccc4[nH]3)C2)c2ccccc21. The summed E-state index contributed by atoms with van der Waals surface area (Å²) < 4.78 is 2.03. The Bertz CT molecular complexity index is 1110. The molecular formula is C22H22N4O. The third kappa shape index (κ3) is 2.70. The summed E-state index contributed by atoms with van der Waals surface area (Å²) in [4.78, 5) is 23.5. The summed E-state index contributed by atoms with van der Waals surface area (Å²) in [5.74, 6) is 1.37. The Morgan fingerprint density at radius 2 is 1.96 bits per heavy atom. The third-order valence-electron chi connectivity index (χ3n) is 5.63. The zero-order valence-electron chi connectivity index (χ0n) is 15.4. The van der Waals surface area contributed by atoms with Crippen molar-refractivity contribution in [2.75, 3.05) is 13.1 Å². The normalized spacial score (nSPS) is 17.7. The monoisotopic (exact) mass is 358 g/mol. The van der Waals surface area contributed by atoms with Crippen LogP contribution in [0.5, 0.6) is 0 Å². The van der Waals surface area contributed by atoms with Crippen LogP contribution in [0.4, 0.5) is 0 Å². The van der Waals surface area contributed by atoms with Crippen LogP contribution in [0.25, 0.3) is 21.9 Å². The number of carbonyl (C=O) groups is 1. The van der Waals surface area contributed by atoms with Crippen LogP contribution in [0, 0.1) is 0 Å². The molecule has 4 aromatic rings. The molecule has 0 aliphatic carbocycles. The Morgan fingerprint density at radius 1 is 1.15 bits per heavy atom. The highest BCUT2D eigenvalue weighted by Crippen LogP contribution is 2.29. The van der Waals surface area contributed by atoms with Crippen LogP contribution >= 0.6 is 0 Å². The molecular weight excluding hydrogens is 336 g/mol. The minimum atomic E-state index is 0.118. The number of rotatable bonds is 2. The molecule has 0 spiro atoms. The van der Waals surface area contributed by atoms with Crippen LogP contribution in [-0.2, 0) is 7.05 Å². The molecule has 5 nitrogen and oxygen atoms in total. The third-order valence-corrected chi connectivity index (χ3v) is 5.63. The number of carbonyl (C=O) groups excluding carboxylic acids is 1. The number of imidazole rings is 1. The average molecular weight is 358 g/mol. The van der Waals surface area contributed by atoms with Crippen LogP contribution < -0.4 is 0 Å². The number of nitrogens with one attached hydrogen (secondary N) is 1. The minimum Gasteiger partial charge on any atom is -0.350 e. The van der Waals surface area contributed by atoms with Gasteiger partial charge in [-0.15, -0.1) is 0 Å². The van der Waals surface area contributed by atoms with Crippen molar-refractivity contribution in [3.8, 4) is 0 Å². The summed E-state index contributed by atoms with van der Waals surface area (Å²) in [6, 6.07) is 16.2. The number of amides is 1. The standard InChI is InChI=1S/C22H22N4O/c1-25-14-17(16-8-2-5-11-20(16)25)22(27)26-12-6-7-15(13-26)21-23-18-9-3-4-10-19(18)24-21/h2-5,8-11,14-15H,6-7,12-13H2,1H3,(H,23,24). The van der Waals surface area contributed by atoms with Crippen LogP contribution in [-0.4, -0.2) is 38.4 Å². The van der Waals surface area contributed by atoms with Gasteiger partial charge in [-0.1, -0.05) is 30.3 Å². The van der Waals surface area contributed by atoms with Crippen molar-refractivity contribution in [3.63, 3.8) is 0 Å². The van der Waals surface area contributed by atoms with Gasteiger partial charge in [-0.2, -0.15) is 0 Å². The molecule has 1 aliphatic heterocycles. The smallest absolute Gasteiger partial charge is 0.256 e. The number of benzene rings is 2. The predicted molar refractivity (Wildman–Crippen MR) is 107 cm³/mol. The number of H-pyrrole nitrogens is 1. The Hall–Kier alpha value is -3.08. The van der Waals surface area contributed by atoms with Gasteiger partial charge < -0.3 is 14.5 Å². The first-order chi connectivity index (χ1) is 13.2. The summed E-state index contributed by atoms with van der Waals surface area (Å²) in [6.07, 6.45) is 4.01. The van der Waals surface area contributed by atoms with E-state index in [4.69, 9.17) is 4.98 Å². The number of piperidine rings is 1. The summed E-state index contributed by atoms with van der Waals surface area (Å²) in [5.41, 5.74) is 3.93. The van der Waals surface area contributed by atoms with E-state index in [9.17, 15) is 4.79 Å². The summed E-state index contributed by atoms with van der Waals surface area (Å²) in [6.45, 7) is 1.51. The molecule has 27 heavy (non-hydrogen) atoms. The molecule has 136 valence electrons. The number of hydrogen-bond acceptors (Lipinski definition) is 2. The molecule has 0 radical (unpaired) electrons. The van der Waals surface area contributed by atoms with Crippen molar-refractivity contribution in [1.29, 1.82) is 0 Å². The lowest BCUT2D eigenvalue weighted by atomic mass is 9.96. The van der Waals surface area contributed by atoms with Crippen LogP contribution in [0.2, 0.25) is 0 Å². The van der Waals surface area contributed by atoms with Gasteiger partial charge in [-0.25, -0.2) is 4.98 Å². The molecule has 1 unspecified atom stereocenters. The van der Waals surface area contributed by atoms with Gasteiger partial charge in [0.25, 0.3) is 5.91 Å². The summed E-state index contributed by atoms with van der Waals surface area (Å²) in [5, 5.41) is 1.02. The summed E-state index contributed by atoms with van der Waals surface area (Å²) >= 11 is 0. The van der Waals surface area contributed by atoms with Gasteiger partial charge in [0.1, 0.15) is 5.82 Å². The lowest BCUT2D eigenvalue weighted by molar-refractivity contribution is 0.0706. The maximum Gasteiger partial charge on any atom is 0.256 e. The van der Waals surface area contributed by atoms with E-state index in [2.05, 4.69) is 11.1 Å². The van der Waals surface area contributed by atoms with Gasteiger partial charge in [0.2, 0.25) is 0 Å². The zero-order chi connectivity index (χ0) is 18.4. The fraction of sp³-hybridized carbons (Fsp3) is 0.273. The molecule has 0 saturated carbocycles. The number of nitrogens with zero attached hydrogens (tertiary/aromatic N) is 3. The maximum atomic E-state index is 13.3. The molecule has 5 rings (SSSR count). The number of aryl methyl sites for hydroxylation is 1. The lowest BCUT2D eigenvalue weighted by Gasteiger charge is -2.31. The van der Waals surface area contributed by atoms with Crippen molar-refractivity contribution in [2.24, 2.45) is 7.05 Å². The highest BCUT2D eigenvalue weighted by atomic mass is 16.2. The highest BCUT2D eigenvalue weighted by molar-refractivity contribution is 6.07. The van der Waals surface area contributed by atoms with Gasteiger partial charge >= 0.3 is 0 Å². The first-order valence-electron chi connectivity index (χ1n) is 9.48. The number of likely N-dealkylation sites (tertiary alicyclic amines) is 1. The van der Waals surface area contributed by atoms with E-state index in [1.807, 2.05) is 65.2 Å². The Labute approximate surface area is 157 Å². The quantitative estimate of drug-likeness (QED) is 0.587. The van der Waals surface area contributed by atoms with E-state index in [0.29, 0.717) is 6.54 Å². The van der Waals surface area contributed by atoms with Crippen molar-refractivity contribution < 1.29 is 4.79 Å². The molecule has 1 saturated heterocycles. The number of fused-ring (bicyclic) bond motifs is 2. The Morgan fingerprint density at radius 3 is 2.85 bits per heavy atom. The maximum absolute atomic E-state index is 13.3. The first kappa shape index (κ1) is 16.1. The van der Waals surface area contributed by atoms with Crippen molar-refractivity contribution in [1.82, 2.24) is 19.4 Å². The fourth-order valence-corrected chi connectivity index (χ4v) is 4.23. The van der Waals surface area contributed by atoms with Crippen molar-refractivity contribution in [3.05, 3.63) is 66.1 Å². The molecule has 1 aliphatic rings.